The molecule has 0 aliphatic rings. The Hall–Kier alpha value is 0.393. The van der Waals surface area contributed by atoms with Crippen LogP contribution in [0.4, 0.5) is 0 Å². The van der Waals surface area contributed by atoms with Gasteiger partial charge in [-0.1, -0.05) is 52.7 Å². The molecule has 0 bridgehead atoms. The van der Waals surface area contributed by atoms with Crippen molar-refractivity contribution in [3.63, 3.8) is 0 Å². The molecule has 0 saturated heterocycles. The van der Waals surface area contributed by atoms with E-state index >= 15 is 0 Å². The van der Waals surface area contributed by atoms with Crippen LogP contribution in [0.2, 0.25) is 0 Å². The van der Waals surface area contributed by atoms with Crippen molar-refractivity contribution in [2.45, 2.75) is 0 Å². The van der Waals surface area contributed by atoms with Gasteiger partial charge in [0.15, 0.2) is 0 Å². The van der Waals surface area contributed by atoms with E-state index in [9.17, 15) is 0 Å². The van der Waals surface area contributed by atoms with E-state index in [2.05, 4.69) is 66.7 Å². The van der Waals surface area contributed by atoms with E-state index in [0.717, 1.165) is 0 Å². The molecule has 0 amide bonds. The Balaban J connectivity index is 0.000000963. The van der Waals surface area contributed by atoms with Gasteiger partial charge in [0.05, 0.1) is 0 Å². The maximum absolute atomic E-state index is 2.19. The zero-order valence-corrected chi connectivity index (χ0v) is 16.8. The first-order valence-electron chi connectivity index (χ1n) is 5.15. The molecule has 0 atom stereocenters. The fourth-order valence-electron chi connectivity index (χ4n) is 2.02. The molecule has 0 nitrogen and oxygen atoms in total. The first-order valence-corrected chi connectivity index (χ1v) is 5.15. The summed E-state index contributed by atoms with van der Waals surface area (Å²) in [5, 5.41) is 2.65. The van der Waals surface area contributed by atoms with Crippen molar-refractivity contribution in [3.8, 4) is 11.1 Å². The van der Waals surface area contributed by atoms with Crippen LogP contribution in [0.5, 0.6) is 0 Å². The van der Waals surface area contributed by atoms with Crippen LogP contribution in [-0.4, -0.2) is 0 Å². The van der Waals surface area contributed by atoms with Gasteiger partial charge in [-0.3, -0.25) is 0 Å². The summed E-state index contributed by atoms with van der Waals surface area (Å²) < 4.78 is 0. The van der Waals surface area contributed by atoms with E-state index in [1.165, 1.54) is 21.9 Å². The average Bonchev–Trinajstić information content (AvgIpc) is 2.74. The molecule has 0 fully saturated rings. The minimum absolute atomic E-state index is 0. The second-order valence-electron chi connectivity index (χ2n) is 3.70. The molecule has 3 aromatic rings. The summed E-state index contributed by atoms with van der Waals surface area (Å²) in [6.07, 6.45) is 0. The molecule has 3 heteroatoms. The van der Waals surface area contributed by atoms with E-state index < -0.39 is 0 Å². The van der Waals surface area contributed by atoms with Crippen molar-refractivity contribution in [2.75, 3.05) is 0 Å². The van der Waals surface area contributed by atoms with Gasteiger partial charge in [-0.2, -0.15) is 0 Å². The van der Waals surface area contributed by atoms with Gasteiger partial charge in [-0.15, -0.1) is 83.8 Å². The summed E-state index contributed by atoms with van der Waals surface area (Å²) in [5.41, 5.74) is 2.62. The summed E-state index contributed by atoms with van der Waals surface area (Å²) in [5.74, 6) is 0. The average molecular weight is 538 g/mol. The molecule has 0 aromatic heterocycles. The molecule has 0 spiro atoms. The van der Waals surface area contributed by atoms with E-state index in [1.54, 1.807) is 0 Å². The summed E-state index contributed by atoms with van der Waals surface area (Å²) >= 11 is 0. The van der Waals surface area contributed by atoms with Gasteiger partial charge < -0.3 is 0 Å². The fraction of sp³-hybridized carbons (Fsp3) is 0. The molecule has 18 heavy (non-hydrogen) atoms. The maximum atomic E-state index is 2.19. The molecule has 92 valence electrons. The van der Waals surface area contributed by atoms with E-state index in [1.807, 2.05) is 0 Å². The van der Waals surface area contributed by atoms with Crippen LogP contribution in [0.1, 0.15) is 0 Å². The third-order valence-corrected chi connectivity index (χ3v) is 2.77. The normalized spacial score (nSPS) is 8.89. The predicted octanol–water partition coefficient (Wildman–Crippen LogP) is 5.46. The number of halogens is 2. The Labute approximate surface area is 161 Å². The number of fused-ring (bicyclic) bond motifs is 1. The minimum Gasteiger partial charge on any atom is -0.129 e. The largest absolute Gasteiger partial charge is 0.129 e. The number of hydrogen-bond acceptors (Lipinski definition) is 0. The molecule has 0 heterocycles. The van der Waals surface area contributed by atoms with Gasteiger partial charge in [0, 0.05) is 26.2 Å². The fourth-order valence-corrected chi connectivity index (χ4v) is 2.02. The minimum atomic E-state index is 0. The van der Waals surface area contributed by atoms with Crippen molar-refractivity contribution in [1.29, 1.82) is 0 Å². The van der Waals surface area contributed by atoms with Crippen molar-refractivity contribution >= 4 is 58.7 Å². The van der Waals surface area contributed by atoms with Gasteiger partial charge >= 0.3 is 0 Å². The third-order valence-electron chi connectivity index (χ3n) is 2.77. The number of benzene rings is 2. The van der Waals surface area contributed by atoms with Crippen LogP contribution in [0.25, 0.3) is 21.9 Å². The molecule has 0 radical (unpaired) electrons. The molecule has 0 aliphatic carbocycles. The molecule has 0 aliphatic heterocycles. The molecule has 3 aromatic carbocycles. The SMILES string of the molecule is I.I.[Zr].c1ccc(-[c-]2ccc3ccccc32)cc1. The van der Waals surface area contributed by atoms with Gasteiger partial charge in [-0.05, 0) is 0 Å². The van der Waals surface area contributed by atoms with Crippen LogP contribution in [0.15, 0.2) is 66.7 Å². The topological polar surface area (TPSA) is 0 Å². The number of rotatable bonds is 1. The van der Waals surface area contributed by atoms with Crippen molar-refractivity contribution in [3.05, 3.63) is 66.7 Å². The molecule has 0 N–H and O–H groups in total. The van der Waals surface area contributed by atoms with Crippen molar-refractivity contribution in [2.24, 2.45) is 0 Å². The van der Waals surface area contributed by atoms with E-state index in [-0.39, 0.29) is 74.2 Å². The van der Waals surface area contributed by atoms with Crippen LogP contribution in [0, 0.1) is 0 Å². The van der Waals surface area contributed by atoms with Crippen LogP contribution in [-0.2, 0) is 26.2 Å². The molecular formula is C15H13I2Zr-. The van der Waals surface area contributed by atoms with Crippen molar-refractivity contribution < 1.29 is 26.2 Å². The number of hydrogen-bond donors (Lipinski definition) is 0. The zero-order valence-electron chi connectivity index (χ0n) is 9.67. The molecule has 3 rings (SSSR count). The van der Waals surface area contributed by atoms with Gasteiger partial charge in [0.1, 0.15) is 0 Å². The van der Waals surface area contributed by atoms with Crippen molar-refractivity contribution in [1.82, 2.24) is 0 Å². The van der Waals surface area contributed by atoms with Gasteiger partial charge in [0.25, 0.3) is 0 Å². The first kappa shape index (κ1) is 18.4. The first-order chi connectivity index (χ1) is 7.45. The molecule has 0 saturated carbocycles. The Morgan fingerprint density at radius 1 is 0.667 bits per heavy atom. The Morgan fingerprint density at radius 2 is 1.28 bits per heavy atom. The van der Waals surface area contributed by atoms with Crippen LogP contribution in [0.3, 0.4) is 0 Å². The Kier molecular flexibility index (Phi) is 8.73. The van der Waals surface area contributed by atoms with Gasteiger partial charge in [-0.25, -0.2) is 0 Å². The van der Waals surface area contributed by atoms with E-state index in [0.29, 0.717) is 0 Å². The van der Waals surface area contributed by atoms with Gasteiger partial charge in [0.2, 0.25) is 0 Å². The predicted molar refractivity (Wildman–Crippen MR) is 95.8 cm³/mol. The van der Waals surface area contributed by atoms with E-state index in [4.69, 9.17) is 0 Å². The summed E-state index contributed by atoms with van der Waals surface area (Å²) in [7, 11) is 0. The second-order valence-corrected chi connectivity index (χ2v) is 3.70. The second kappa shape index (κ2) is 8.54. The molecular weight excluding hydrogens is 525 g/mol. The smallest absolute Gasteiger partial charge is 0 e. The quantitative estimate of drug-likeness (QED) is 0.285. The monoisotopic (exact) mass is 537 g/mol. The maximum Gasteiger partial charge on any atom is 0 e. The zero-order chi connectivity index (χ0) is 10.1. The van der Waals surface area contributed by atoms with Crippen LogP contribution >= 0.6 is 48.0 Å². The Morgan fingerprint density at radius 3 is 2.00 bits per heavy atom. The summed E-state index contributed by atoms with van der Waals surface area (Å²) in [6, 6.07) is 23.4. The summed E-state index contributed by atoms with van der Waals surface area (Å²) in [6.45, 7) is 0. The van der Waals surface area contributed by atoms with Crippen LogP contribution < -0.4 is 0 Å². The Bertz CT molecular complexity index is 588. The standard InChI is InChI=1S/C15H11.2HI.Zr/c1-2-6-12(7-3-1)15-11-10-13-8-4-5-9-14(13)15;;;/h1-11H;2*1H;/q-1;;;. The molecule has 0 unspecified atom stereocenters. The summed E-state index contributed by atoms with van der Waals surface area (Å²) in [4.78, 5) is 0. The third kappa shape index (κ3) is 3.70.